The van der Waals surface area contributed by atoms with Crippen molar-refractivity contribution in [1.82, 2.24) is 14.5 Å². The fourth-order valence-electron chi connectivity index (χ4n) is 3.22. The zero-order chi connectivity index (χ0) is 20.4. The first-order valence-electron chi connectivity index (χ1n) is 9.13. The summed E-state index contributed by atoms with van der Waals surface area (Å²) in [6.45, 7) is 0.347. The zero-order valence-corrected chi connectivity index (χ0v) is 16.4. The smallest absolute Gasteiger partial charge is 0.203 e. The van der Waals surface area contributed by atoms with Crippen molar-refractivity contribution in [3.8, 4) is 22.8 Å². The summed E-state index contributed by atoms with van der Waals surface area (Å²) in [4.78, 5) is 9.11. The van der Waals surface area contributed by atoms with Gasteiger partial charge in [-0.05, 0) is 30.3 Å². The van der Waals surface area contributed by atoms with Crippen molar-refractivity contribution in [2.45, 2.75) is 6.54 Å². The van der Waals surface area contributed by atoms with Crippen molar-refractivity contribution in [2.75, 3.05) is 19.5 Å². The standard InChI is InChI=1S/C22H21FN4O2/c1-27-19-11-17(14-8-9-20(28-2)21(10-14)29-3)24-13-18(19)26-22(27)25-12-15-6-4-5-7-16(15)23/h4-11,13H,12H2,1-3H3,(H,25,26). The van der Waals surface area contributed by atoms with Crippen LogP contribution in [0.5, 0.6) is 11.5 Å². The summed E-state index contributed by atoms with van der Waals surface area (Å²) >= 11 is 0. The molecule has 2 aromatic heterocycles. The van der Waals surface area contributed by atoms with E-state index in [2.05, 4.69) is 15.3 Å². The summed E-state index contributed by atoms with van der Waals surface area (Å²) in [5.74, 6) is 1.72. The number of hydrogen-bond acceptors (Lipinski definition) is 5. The lowest BCUT2D eigenvalue weighted by Gasteiger charge is -2.09. The van der Waals surface area contributed by atoms with Crippen molar-refractivity contribution < 1.29 is 13.9 Å². The van der Waals surface area contributed by atoms with Gasteiger partial charge in [0.2, 0.25) is 5.95 Å². The first-order valence-corrected chi connectivity index (χ1v) is 9.13. The minimum Gasteiger partial charge on any atom is -0.493 e. The normalized spacial score (nSPS) is 10.9. The molecule has 29 heavy (non-hydrogen) atoms. The molecule has 0 aliphatic carbocycles. The number of halogens is 1. The van der Waals surface area contributed by atoms with Gasteiger partial charge in [-0.3, -0.25) is 4.98 Å². The Morgan fingerprint density at radius 2 is 1.83 bits per heavy atom. The van der Waals surface area contributed by atoms with Crippen LogP contribution in [0, 0.1) is 5.82 Å². The molecule has 2 aromatic carbocycles. The molecule has 0 amide bonds. The Bertz CT molecular complexity index is 1170. The third-order valence-electron chi connectivity index (χ3n) is 4.84. The van der Waals surface area contributed by atoms with Crippen molar-refractivity contribution >= 4 is 17.0 Å². The summed E-state index contributed by atoms with van der Waals surface area (Å²) in [7, 11) is 5.12. The highest BCUT2D eigenvalue weighted by atomic mass is 19.1. The van der Waals surface area contributed by atoms with Crippen LogP contribution in [-0.4, -0.2) is 28.8 Å². The maximum absolute atomic E-state index is 13.9. The number of nitrogens with zero attached hydrogens (tertiary/aromatic N) is 3. The van der Waals surface area contributed by atoms with E-state index in [1.54, 1.807) is 32.5 Å². The van der Waals surface area contributed by atoms with Crippen molar-refractivity contribution in [2.24, 2.45) is 7.05 Å². The third-order valence-corrected chi connectivity index (χ3v) is 4.84. The molecular weight excluding hydrogens is 371 g/mol. The number of pyridine rings is 1. The van der Waals surface area contributed by atoms with Gasteiger partial charge in [0.1, 0.15) is 11.3 Å². The maximum atomic E-state index is 13.9. The molecule has 2 heterocycles. The van der Waals surface area contributed by atoms with Crippen LogP contribution in [0.25, 0.3) is 22.3 Å². The second-order valence-electron chi connectivity index (χ2n) is 6.57. The number of anilines is 1. The predicted molar refractivity (Wildman–Crippen MR) is 111 cm³/mol. The van der Waals surface area contributed by atoms with Crippen LogP contribution < -0.4 is 14.8 Å². The van der Waals surface area contributed by atoms with Gasteiger partial charge < -0.3 is 19.4 Å². The van der Waals surface area contributed by atoms with Crippen LogP contribution in [0.3, 0.4) is 0 Å². The van der Waals surface area contributed by atoms with Crippen LogP contribution in [0.15, 0.2) is 54.7 Å². The lowest BCUT2D eigenvalue weighted by Crippen LogP contribution is -2.06. The monoisotopic (exact) mass is 392 g/mol. The Hall–Kier alpha value is -3.61. The maximum Gasteiger partial charge on any atom is 0.203 e. The van der Waals surface area contributed by atoms with E-state index in [-0.39, 0.29) is 5.82 Å². The average molecular weight is 392 g/mol. The van der Waals surface area contributed by atoms with Gasteiger partial charge in [-0.1, -0.05) is 18.2 Å². The molecule has 0 saturated carbocycles. The number of ether oxygens (including phenoxy) is 2. The molecule has 148 valence electrons. The van der Waals surface area contributed by atoms with Gasteiger partial charge in [0.25, 0.3) is 0 Å². The minimum absolute atomic E-state index is 0.240. The van der Waals surface area contributed by atoms with E-state index in [9.17, 15) is 4.39 Å². The van der Waals surface area contributed by atoms with Gasteiger partial charge in [-0.2, -0.15) is 0 Å². The molecule has 0 radical (unpaired) electrons. The number of methoxy groups -OCH3 is 2. The summed E-state index contributed by atoms with van der Waals surface area (Å²) in [5.41, 5.74) is 3.96. The average Bonchev–Trinajstić information content (AvgIpc) is 3.07. The van der Waals surface area contributed by atoms with E-state index in [0.29, 0.717) is 29.6 Å². The molecule has 0 saturated heterocycles. The van der Waals surface area contributed by atoms with Gasteiger partial charge in [0.05, 0.1) is 31.6 Å². The van der Waals surface area contributed by atoms with E-state index < -0.39 is 0 Å². The summed E-state index contributed by atoms with van der Waals surface area (Å²) in [6.07, 6.45) is 1.73. The fraction of sp³-hybridized carbons (Fsp3) is 0.182. The largest absolute Gasteiger partial charge is 0.493 e. The number of aromatic nitrogens is 3. The number of hydrogen-bond donors (Lipinski definition) is 1. The molecule has 0 spiro atoms. The van der Waals surface area contributed by atoms with Crippen LogP contribution in [0.4, 0.5) is 10.3 Å². The number of rotatable bonds is 6. The summed E-state index contributed by atoms with van der Waals surface area (Å²) < 4.78 is 26.5. The summed E-state index contributed by atoms with van der Waals surface area (Å²) in [6, 6.07) is 14.3. The second-order valence-corrected chi connectivity index (χ2v) is 6.57. The lowest BCUT2D eigenvalue weighted by molar-refractivity contribution is 0.355. The minimum atomic E-state index is -0.240. The third kappa shape index (κ3) is 3.59. The van der Waals surface area contributed by atoms with Gasteiger partial charge in [-0.25, -0.2) is 9.37 Å². The van der Waals surface area contributed by atoms with E-state index >= 15 is 0 Å². The van der Waals surface area contributed by atoms with Gasteiger partial charge >= 0.3 is 0 Å². The highest BCUT2D eigenvalue weighted by Gasteiger charge is 2.12. The number of fused-ring (bicyclic) bond motifs is 1. The van der Waals surface area contributed by atoms with Crippen molar-refractivity contribution in [3.05, 3.63) is 66.1 Å². The molecule has 0 fully saturated rings. The lowest BCUT2D eigenvalue weighted by atomic mass is 10.1. The highest BCUT2D eigenvalue weighted by molar-refractivity contribution is 5.82. The van der Waals surface area contributed by atoms with Crippen LogP contribution in [0.1, 0.15) is 5.56 Å². The Morgan fingerprint density at radius 1 is 1.03 bits per heavy atom. The number of nitrogens with one attached hydrogen (secondary N) is 1. The van der Waals surface area contributed by atoms with E-state index in [4.69, 9.17) is 9.47 Å². The van der Waals surface area contributed by atoms with Crippen LogP contribution in [-0.2, 0) is 13.6 Å². The molecule has 0 atom stereocenters. The van der Waals surface area contributed by atoms with Gasteiger partial charge in [-0.15, -0.1) is 0 Å². The van der Waals surface area contributed by atoms with Gasteiger partial charge in [0.15, 0.2) is 11.5 Å². The first kappa shape index (κ1) is 18.7. The van der Waals surface area contributed by atoms with E-state index in [1.807, 2.05) is 41.9 Å². The zero-order valence-electron chi connectivity index (χ0n) is 16.4. The van der Waals surface area contributed by atoms with Crippen molar-refractivity contribution in [1.29, 1.82) is 0 Å². The summed E-state index contributed by atoms with van der Waals surface area (Å²) in [5, 5.41) is 3.20. The molecule has 4 rings (SSSR count). The highest BCUT2D eigenvalue weighted by Crippen LogP contribution is 2.32. The fourth-order valence-corrected chi connectivity index (χ4v) is 3.22. The molecule has 0 bridgehead atoms. The topological polar surface area (TPSA) is 61.2 Å². The quantitative estimate of drug-likeness (QED) is 0.527. The Morgan fingerprint density at radius 3 is 2.59 bits per heavy atom. The van der Waals surface area contributed by atoms with Crippen LogP contribution >= 0.6 is 0 Å². The Balaban J connectivity index is 1.65. The van der Waals surface area contributed by atoms with Crippen LogP contribution in [0.2, 0.25) is 0 Å². The molecule has 1 N–H and O–H groups in total. The van der Waals surface area contributed by atoms with Crippen molar-refractivity contribution in [3.63, 3.8) is 0 Å². The predicted octanol–water partition coefficient (Wildman–Crippen LogP) is 4.40. The molecule has 6 nitrogen and oxygen atoms in total. The number of imidazole rings is 1. The van der Waals surface area contributed by atoms with E-state index in [1.165, 1.54) is 6.07 Å². The molecular formula is C22H21FN4O2. The van der Waals surface area contributed by atoms with Gasteiger partial charge in [0, 0.05) is 24.7 Å². The molecule has 4 aromatic rings. The molecule has 0 aliphatic heterocycles. The molecule has 7 heteroatoms. The first-order chi connectivity index (χ1) is 14.1. The SMILES string of the molecule is COc1ccc(-c2cc3c(cn2)nc(NCc2ccccc2F)n3C)cc1OC. The molecule has 0 unspecified atom stereocenters. The number of aryl methyl sites for hydroxylation is 1. The number of benzene rings is 2. The second kappa shape index (κ2) is 7.79. The van der Waals surface area contributed by atoms with E-state index in [0.717, 1.165) is 22.3 Å². The Labute approximate surface area is 167 Å². The molecule has 0 aliphatic rings. The Kier molecular flexibility index (Phi) is 5.03.